The fourth-order valence-corrected chi connectivity index (χ4v) is 1.65. The van der Waals surface area contributed by atoms with E-state index in [1.165, 1.54) is 12.3 Å². The Morgan fingerprint density at radius 3 is 2.88 bits per heavy atom. The standard InChI is InChI=1S/C10H7BrClFN4/c11-5-1-2-8(6(13)3-5)16-9-7(14)4-15-10(12)17-9/h1-4H,14H2,(H,15,16,17). The van der Waals surface area contributed by atoms with Gasteiger partial charge in [0.05, 0.1) is 17.6 Å². The van der Waals surface area contributed by atoms with Gasteiger partial charge in [-0.15, -0.1) is 0 Å². The molecule has 0 aliphatic heterocycles. The van der Waals surface area contributed by atoms with E-state index in [-0.39, 0.29) is 22.5 Å². The van der Waals surface area contributed by atoms with E-state index in [0.29, 0.717) is 4.47 Å². The van der Waals surface area contributed by atoms with E-state index in [0.717, 1.165) is 0 Å². The molecule has 0 saturated heterocycles. The number of aromatic nitrogens is 2. The molecule has 2 aromatic rings. The summed E-state index contributed by atoms with van der Waals surface area (Å²) in [4.78, 5) is 7.58. The molecule has 0 spiro atoms. The van der Waals surface area contributed by atoms with Crippen molar-refractivity contribution >= 4 is 44.7 Å². The van der Waals surface area contributed by atoms with E-state index in [4.69, 9.17) is 17.3 Å². The van der Waals surface area contributed by atoms with Gasteiger partial charge in [-0.05, 0) is 29.8 Å². The van der Waals surface area contributed by atoms with Crippen molar-refractivity contribution in [2.24, 2.45) is 0 Å². The molecule has 0 aliphatic carbocycles. The third kappa shape index (κ3) is 2.83. The summed E-state index contributed by atoms with van der Waals surface area (Å²) in [5, 5.41) is 2.79. The summed E-state index contributed by atoms with van der Waals surface area (Å²) in [6, 6.07) is 4.60. The fraction of sp³-hybridized carbons (Fsp3) is 0. The van der Waals surface area contributed by atoms with Gasteiger partial charge in [0.25, 0.3) is 0 Å². The van der Waals surface area contributed by atoms with Gasteiger partial charge in [0.2, 0.25) is 5.28 Å². The molecule has 0 amide bonds. The van der Waals surface area contributed by atoms with Crippen molar-refractivity contribution < 1.29 is 4.39 Å². The van der Waals surface area contributed by atoms with Crippen LogP contribution >= 0.6 is 27.5 Å². The van der Waals surface area contributed by atoms with Crippen LogP contribution < -0.4 is 11.1 Å². The van der Waals surface area contributed by atoms with Crippen LogP contribution in [0.1, 0.15) is 0 Å². The SMILES string of the molecule is Nc1cnc(Cl)nc1Nc1ccc(Br)cc1F. The number of halogens is 3. The fourth-order valence-electron chi connectivity index (χ4n) is 1.19. The summed E-state index contributed by atoms with van der Waals surface area (Å²) in [5.74, 6) is -0.153. The molecule has 1 aromatic carbocycles. The predicted octanol–water partition coefficient (Wildman–Crippen LogP) is 3.36. The molecule has 1 heterocycles. The zero-order valence-electron chi connectivity index (χ0n) is 8.42. The third-order valence-electron chi connectivity index (χ3n) is 1.97. The van der Waals surface area contributed by atoms with E-state index in [9.17, 15) is 4.39 Å². The van der Waals surface area contributed by atoms with Crippen LogP contribution in [0.25, 0.3) is 0 Å². The Bertz CT molecular complexity index is 564. The molecule has 0 aliphatic rings. The molecule has 0 saturated carbocycles. The van der Waals surface area contributed by atoms with E-state index in [1.54, 1.807) is 12.1 Å². The van der Waals surface area contributed by atoms with Crippen LogP contribution in [-0.4, -0.2) is 9.97 Å². The Morgan fingerprint density at radius 2 is 2.18 bits per heavy atom. The van der Waals surface area contributed by atoms with Gasteiger partial charge in [-0.1, -0.05) is 15.9 Å². The smallest absolute Gasteiger partial charge is 0.224 e. The van der Waals surface area contributed by atoms with Crippen molar-refractivity contribution in [3.63, 3.8) is 0 Å². The van der Waals surface area contributed by atoms with Crippen molar-refractivity contribution in [3.05, 3.63) is 40.0 Å². The highest BCUT2D eigenvalue weighted by molar-refractivity contribution is 9.10. The molecule has 0 fully saturated rings. The van der Waals surface area contributed by atoms with Crippen molar-refractivity contribution in [2.45, 2.75) is 0 Å². The van der Waals surface area contributed by atoms with Crippen molar-refractivity contribution in [2.75, 3.05) is 11.1 Å². The molecule has 0 radical (unpaired) electrons. The predicted molar refractivity (Wildman–Crippen MR) is 68.8 cm³/mol. The van der Waals surface area contributed by atoms with Crippen LogP contribution in [0.4, 0.5) is 21.6 Å². The maximum atomic E-state index is 13.6. The van der Waals surface area contributed by atoms with Crippen molar-refractivity contribution in [1.29, 1.82) is 0 Å². The van der Waals surface area contributed by atoms with Crippen LogP contribution in [0.5, 0.6) is 0 Å². The number of nitrogens with zero attached hydrogens (tertiary/aromatic N) is 2. The van der Waals surface area contributed by atoms with Gasteiger partial charge in [0, 0.05) is 4.47 Å². The lowest BCUT2D eigenvalue weighted by atomic mass is 10.3. The van der Waals surface area contributed by atoms with Crippen LogP contribution in [0.2, 0.25) is 5.28 Å². The van der Waals surface area contributed by atoms with Gasteiger partial charge in [0.1, 0.15) is 5.82 Å². The summed E-state index contributed by atoms with van der Waals surface area (Å²) in [6.45, 7) is 0. The summed E-state index contributed by atoms with van der Waals surface area (Å²) in [5.41, 5.74) is 6.19. The van der Waals surface area contributed by atoms with Gasteiger partial charge in [-0.2, -0.15) is 4.98 Å². The number of nitrogens with one attached hydrogen (secondary N) is 1. The molecule has 7 heteroatoms. The van der Waals surface area contributed by atoms with Crippen LogP contribution in [0, 0.1) is 5.82 Å². The average Bonchev–Trinajstić information content (AvgIpc) is 2.27. The van der Waals surface area contributed by atoms with E-state index < -0.39 is 5.82 Å². The molecule has 88 valence electrons. The highest BCUT2D eigenvalue weighted by atomic mass is 79.9. The van der Waals surface area contributed by atoms with Gasteiger partial charge in [0.15, 0.2) is 5.82 Å². The number of nitrogen functional groups attached to an aromatic ring is 1. The lowest BCUT2D eigenvalue weighted by molar-refractivity contribution is 0.631. The number of benzene rings is 1. The van der Waals surface area contributed by atoms with Gasteiger partial charge in [-0.3, -0.25) is 0 Å². The lowest BCUT2D eigenvalue weighted by Gasteiger charge is -2.09. The first kappa shape index (κ1) is 12.1. The first-order chi connectivity index (χ1) is 8.06. The van der Waals surface area contributed by atoms with Crippen molar-refractivity contribution in [1.82, 2.24) is 9.97 Å². The van der Waals surface area contributed by atoms with Crippen LogP contribution in [0.15, 0.2) is 28.9 Å². The average molecular weight is 318 g/mol. The molecule has 3 N–H and O–H groups in total. The van der Waals surface area contributed by atoms with E-state index >= 15 is 0 Å². The topological polar surface area (TPSA) is 63.8 Å². The second-order valence-corrected chi connectivity index (χ2v) is 4.45. The molecule has 0 bridgehead atoms. The first-order valence-electron chi connectivity index (χ1n) is 4.56. The Balaban J connectivity index is 2.34. The van der Waals surface area contributed by atoms with Gasteiger partial charge in [-0.25, -0.2) is 9.37 Å². The highest BCUT2D eigenvalue weighted by Crippen LogP contribution is 2.25. The Kier molecular flexibility index (Phi) is 3.44. The minimum absolute atomic E-state index is 0.0409. The lowest BCUT2D eigenvalue weighted by Crippen LogP contribution is -2.02. The zero-order valence-corrected chi connectivity index (χ0v) is 10.8. The molecule has 4 nitrogen and oxygen atoms in total. The molecule has 0 unspecified atom stereocenters. The zero-order chi connectivity index (χ0) is 12.4. The number of anilines is 3. The normalized spacial score (nSPS) is 10.3. The number of nitrogens with two attached hydrogens (primary N) is 1. The molecular formula is C10H7BrClFN4. The molecule has 1 aromatic heterocycles. The highest BCUT2D eigenvalue weighted by Gasteiger charge is 2.07. The Morgan fingerprint density at radius 1 is 1.41 bits per heavy atom. The molecule has 17 heavy (non-hydrogen) atoms. The number of hydrogen-bond donors (Lipinski definition) is 2. The minimum Gasteiger partial charge on any atom is -0.394 e. The van der Waals surface area contributed by atoms with Crippen LogP contribution in [-0.2, 0) is 0 Å². The molecular weight excluding hydrogens is 310 g/mol. The summed E-state index contributed by atoms with van der Waals surface area (Å²) in [6.07, 6.45) is 1.36. The maximum absolute atomic E-state index is 13.6. The number of rotatable bonds is 2. The quantitative estimate of drug-likeness (QED) is 0.834. The Hall–Kier alpha value is -1.40. The maximum Gasteiger partial charge on any atom is 0.224 e. The largest absolute Gasteiger partial charge is 0.394 e. The third-order valence-corrected chi connectivity index (χ3v) is 2.65. The molecule has 0 atom stereocenters. The van der Waals surface area contributed by atoms with Gasteiger partial charge >= 0.3 is 0 Å². The second-order valence-electron chi connectivity index (χ2n) is 3.19. The molecule has 2 rings (SSSR count). The van der Waals surface area contributed by atoms with E-state index in [2.05, 4.69) is 31.2 Å². The van der Waals surface area contributed by atoms with Crippen LogP contribution in [0.3, 0.4) is 0 Å². The minimum atomic E-state index is -0.423. The number of hydrogen-bond acceptors (Lipinski definition) is 4. The summed E-state index contributed by atoms with van der Waals surface area (Å²) < 4.78 is 14.2. The van der Waals surface area contributed by atoms with Crippen molar-refractivity contribution in [3.8, 4) is 0 Å². The summed E-state index contributed by atoms with van der Waals surface area (Å²) in [7, 11) is 0. The van der Waals surface area contributed by atoms with E-state index in [1.807, 2.05) is 0 Å². The summed E-state index contributed by atoms with van der Waals surface area (Å²) >= 11 is 8.80. The Labute approximate surface area is 110 Å². The van der Waals surface area contributed by atoms with Gasteiger partial charge < -0.3 is 11.1 Å². The monoisotopic (exact) mass is 316 g/mol. The first-order valence-corrected chi connectivity index (χ1v) is 5.73. The second kappa shape index (κ2) is 4.85.